The number of rotatable bonds is 3. The largest absolute Gasteiger partial charge is 0.159 e. The lowest BCUT2D eigenvalue weighted by atomic mass is 9.83. The summed E-state index contributed by atoms with van der Waals surface area (Å²) in [5.74, 6) is 0.483. The van der Waals surface area contributed by atoms with E-state index < -0.39 is 0 Å². The van der Waals surface area contributed by atoms with Gasteiger partial charge in [-0.15, -0.1) is 0 Å². The molecule has 0 fully saturated rings. The van der Waals surface area contributed by atoms with Crippen molar-refractivity contribution in [1.82, 2.24) is 10.2 Å². The zero-order valence-corrected chi connectivity index (χ0v) is 12.3. The average molecular weight is 260 g/mol. The molecular formula is C15H20N2S. The van der Waals surface area contributed by atoms with E-state index in [9.17, 15) is 0 Å². The Hall–Kier alpha value is -1.22. The van der Waals surface area contributed by atoms with E-state index in [-0.39, 0.29) is 5.41 Å². The van der Waals surface area contributed by atoms with Crippen LogP contribution >= 0.6 is 11.3 Å². The molecule has 18 heavy (non-hydrogen) atoms. The van der Waals surface area contributed by atoms with Crippen molar-refractivity contribution in [1.29, 1.82) is 0 Å². The van der Waals surface area contributed by atoms with Crippen LogP contribution in [-0.4, -0.2) is 10.2 Å². The van der Waals surface area contributed by atoms with Gasteiger partial charge >= 0.3 is 0 Å². The first-order valence-corrected chi connectivity index (χ1v) is 7.25. The lowest BCUT2D eigenvalue weighted by Gasteiger charge is -2.21. The fourth-order valence-corrected chi connectivity index (χ4v) is 3.28. The van der Waals surface area contributed by atoms with Crippen LogP contribution in [0, 0.1) is 0 Å². The Morgan fingerprint density at radius 3 is 2.61 bits per heavy atom. The number of aromatic nitrogens is 2. The third-order valence-corrected chi connectivity index (χ3v) is 4.04. The third-order valence-electron chi connectivity index (χ3n) is 3.25. The summed E-state index contributed by atoms with van der Waals surface area (Å²) in [6.07, 6.45) is 4.71. The van der Waals surface area contributed by atoms with E-state index in [1.807, 2.05) is 6.20 Å². The van der Waals surface area contributed by atoms with Crippen molar-refractivity contribution in [2.45, 2.75) is 45.4 Å². The second-order valence-electron chi connectivity index (χ2n) is 5.84. The van der Waals surface area contributed by atoms with Gasteiger partial charge in [-0.25, -0.2) is 0 Å². The van der Waals surface area contributed by atoms with Crippen LogP contribution in [0.1, 0.15) is 50.3 Å². The van der Waals surface area contributed by atoms with Crippen molar-refractivity contribution in [2.75, 3.05) is 0 Å². The molecule has 3 heteroatoms. The Labute approximate surface area is 113 Å². The summed E-state index contributed by atoms with van der Waals surface area (Å²) in [6, 6.07) is 2.06. The summed E-state index contributed by atoms with van der Waals surface area (Å²) < 4.78 is 0. The molecule has 0 saturated heterocycles. The maximum absolute atomic E-state index is 3.96. The van der Waals surface area contributed by atoms with Gasteiger partial charge in [-0.1, -0.05) is 27.7 Å². The fraction of sp³-hybridized carbons (Fsp3) is 0.467. The number of hydrogen-bond acceptors (Lipinski definition) is 3. The van der Waals surface area contributed by atoms with Crippen LogP contribution < -0.4 is 0 Å². The first-order chi connectivity index (χ1) is 8.48. The van der Waals surface area contributed by atoms with Crippen LogP contribution in [0.4, 0.5) is 0 Å². The monoisotopic (exact) mass is 260 g/mol. The van der Waals surface area contributed by atoms with Crippen LogP contribution in [0.2, 0.25) is 0 Å². The molecule has 0 amide bonds. The van der Waals surface area contributed by atoms with Gasteiger partial charge < -0.3 is 0 Å². The second-order valence-corrected chi connectivity index (χ2v) is 6.59. The smallest absolute Gasteiger partial charge is 0.0531 e. The minimum atomic E-state index is 0.228. The van der Waals surface area contributed by atoms with Gasteiger partial charge in [-0.2, -0.15) is 21.5 Å². The molecule has 0 N–H and O–H groups in total. The van der Waals surface area contributed by atoms with E-state index in [0.29, 0.717) is 5.92 Å². The fourth-order valence-electron chi connectivity index (χ4n) is 2.18. The van der Waals surface area contributed by atoms with Crippen molar-refractivity contribution in [2.24, 2.45) is 0 Å². The molecule has 0 aliphatic carbocycles. The molecule has 2 rings (SSSR count). The molecule has 0 radical (unpaired) electrons. The molecule has 0 aliphatic rings. The van der Waals surface area contributed by atoms with E-state index in [4.69, 9.17) is 0 Å². The van der Waals surface area contributed by atoms with Gasteiger partial charge in [-0.05, 0) is 51.3 Å². The summed E-state index contributed by atoms with van der Waals surface area (Å²) in [5.41, 5.74) is 4.43. The first kappa shape index (κ1) is 13.2. The molecule has 0 saturated carbocycles. The molecule has 1 unspecified atom stereocenters. The van der Waals surface area contributed by atoms with Crippen LogP contribution in [0.3, 0.4) is 0 Å². The van der Waals surface area contributed by atoms with Gasteiger partial charge in [0.2, 0.25) is 0 Å². The molecule has 1 atom stereocenters. The molecule has 96 valence electrons. The minimum Gasteiger partial charge on any atom is -0.159 e. The van der Waals surface area contributed by atoms with Crippen molar-refractivity contribution < 1.29 is 0 Å². The third kappa shape index (κ3) is 2.96. The Balaban J connectivity index is 2.18. The topological polar surface area (TPSA) is 25.8 Å². The zero-order valence-electron chi connectivity index (χ0n) is 11.5. The predicted molar refractivity (Wildman–Crippen MR) is 77.2 cm³/mol. The maximum Gasteiger partial charge on any atom is 0.0531 e. The Kier molecular flexibility index (Phi) is 3.81. The van der Waals surface area contributed by atoms with Crippen LogP contribution in [0.15, 0.2) is 29.2 Å². The number of thiophene rings is 1. The predicted octanol–water partition coefficient (Wildman–Crippen LogP) is 4.18. The summed E-state index contributed by atoms with van der Waals surface area (Å²) >= 11 is 1.80. The highest BCUT2D eigenvalue weighted by Gasteiger charge is 2.20. The highest BCUT2D eigenvalue weighted by Crippen LogP contribution is 2.32. The SMILES string of the molecule is CC(Cc1cscc1C(C)(C)C)c1ccnnc1. The molecule has 0 spiro atoms. The van der Waals surface area contributed by atoms with Gasteiger partial charge in [0.25, 0.3) is 0 Å². The number of nitrogens with zero attached hydrogens (tertiary/aromatic N) is 2. The van der Waals surface area contributed by atoms with Gasteiger partial charge in [0.15, 0.2) is 0 Å². The molecule has 2 nitrogen and oxygen atoms in total. The van der Waals surface area contributed by atoms with E-state index in [2.05, 4.69) is 54.7 Å². The molecule has 0 aromatic carbocycles. The summed E-state index contributed by atoms with van der Waals surface area (Å²) in [6.45, 7) is 9.08. The van der Waals surface area contributed by atoms with Gasteiger partial charge in [-0.3, -0.25) is 0 Å². The summed E-state index contributed by atoms with van der Waals surface area (Å²) in [7, 11) is 0. The van der Waals surface area contributed by atoms with Gasteiger partial charge in [0.1, 0.15) is 0 Å². The lowest BCUT2D eigenvalue weighted by molar-refractivity contribution is 0.580. The normalized spacial score (nSPS) is 13.6. The Morgan fingerprint density at radius 2 is 2.00 bits per heavy atom. The highest BCUT2D eigenvalue weighted by atomic mass is 32.1. The highest BCUT2D eigenvalue weighted by molar-refractivity contribution is 7.08. The van der Waals surface area contributed by atoms with Crippen molar-refractivity contribution in [3.63, 3.8) is 0 Å². The standard InChI is InChI=1S/C15H20N2S/c1-11(12-5-6-16-17-8-12)7-13-9-18-10-14(13)15(2,3)4/h5-6,8-11H,7H2,1-4H3. The van der Waals surface area contributed by atoms with Crippen LogP contribution in [0.5, 0.6) is 0 Å². The molecule has 2 aromatic heterocycles. The average Bonchev–Trinajstić information content (AvgIpc) is 2.78. The van der Waals surface area contributed by atoms with Crippen molar-refractivity contribution in [3.05, 3.63) is 45.9 Å². The van der Waals surface area contributed by atoms with E-state index in [1.54, 1.807) is 17.5 Å². The van der Waals surface area contributed by atoms with Crippen LogP contribution in [-0.2, 0) is 11.8 Å². The van der Waals surface area contributed by atoms with Crippen molar-refractivity contribution in [3.8, 4) is 0 Å². The van der Waals surface area contributed by atoms with Crippen LogP contribution in [0.25, 0.3) is 0 Å². The minimum absolute atomic E-state index is 0.228. The molecule has 2 aromatic rings. The molecule has 0 bridgehead atoms. The Bertz CT molecular complexity index is 497. The van der Waals surface area contributed by atoms with E-state index in [0.717, 1.165) is 6.42 Å². The second kappa shape index (κ2) is 5.19. The quantitative estimate of drug-likeness (QED) is 0.827. The van der Waals surface area contributed by atoms with Crippen molar-refractivity contribution >= 4 is 11.3 Å². The summed E-state index contributed by atoms with van der Waals surface area (Å²) in [4.78, 5) is 0. The van der Waals surface area contributed by atoms with E-state index >= 15 is 0 Å². The molecule has 0 aliphatic heterocycles. The van der Waals surface area contributed by atoms with Gasteiger partial charge in [0, 0.05) is 6.20 Å². The summed E-state index contributed by atoms with van der Waals surface area (Å²) in [5, 5.41) is 12.4. The molecular weight excluding hydrogens is 240 g/mol. The zero-order chi connectivity index (χ0) is 13.2. The van der Waals surface area contributed by atoms with E-state index in [1.165, 1.54) is 16.7 Å². The lowest BCUT2D eigenvalue weighted by Crippen LogP contribution is -2.13. The first-order valence-electron chi connectivity index (χ1n) is 6.30. The van der Waals surface area contributed by atoms with Gasteiger partial charge in [0.05, 0.1) is 6.20 Å². The number of hydrogen-bond donors (Lipinski definition) is 0. The Morgan fingerprint density at radius 1 is 1.22 bits per heavy atom. The maximum atomic E-state index is 3.96. The molecule has 2 heterocycles.